The van der Waals surface area contributed by atoms with Crippen molar-refractivity contribution in [3.63, 3.8) is 0 Å². The van der Waals surface area contributed by atoms with Crippen molar-refractivity contribution in [3.8, 4) is 5.88 Å². The zero-order chi connectivity index (χ0) is 18.9. The summed E-state index contributed by atoms with van der Waals surface area (Å²) in [5.74, 6) is -0.829. The first-order valence-electron chi connectivity index (χ1n) is 6.50. The molecule has 1 rings (SSSR count). The van der Waals surface area contributed by atoms with E-state index in [1.807, 2.05) is 0 Å². The van der Waals surface area contributed by atoms with Gasteiger partial charge in [0.25, 0.3) is 0 Å². The monoisotopic (exact) mass is 408 g/mol. The van der Waals surface area contributed by atoms with E-state index in [4.69, 9.17) is 11.6 Å². The molecule has 0 saturated heterocycles. The molecule has 12 heteroatoms. The van der Waals surface area contributed by atoms with Crippen LogP contribution in [0.4, 0.5) is 13.2 Å². The van der Waals surface area contributed by atoms with Gasteiger partial charge in [-0.1, -0.05) is 11.6 Å². The molecule has 0 saturated carbocycles. The smallest absolute Gasteiger partial charge is 0.534 e. The van der Waals surface area contributed by atoms with Crippen molar-refractivity contribution in [2.45, 2.75) is 44.0 Å². The molecule has 2 atom stereocenters. The number of nitrogens with zero attached hydrogens (tertiary/aromatic N) is 1. The Morgan fingerprint density at radius 3 is 2.33 bits per heavy atom. The van der Waals surface area contributed by atoms with Crippen molar-refractivity contribution in [1.82, 2.24) is 9.71 Å². The first kappa shape index (κ1) is 21.3. The summed E-state index contributed by atoms with van der Waals surface area (Å²) < 4.78 is 77.3. The molecule has 0 aliphatic rings. The van der Waals surface area contributed by atoms with Crippen molar-refractivity contribution in [3.05, 3.63) is 22.8 Å². The second kappa shape index (κ2) is 7.24. The number of alkyl halides is 3. The van der Waals surface area contributed by atoms with E-state index in [0.717, 1.165) is 6.07 Å². The highest BCUT2D eigenvalue weighted by Gasteiger charge is 2.49. The lowest BCUT2D eigenvalue weighted by Gasteiger charge is -2.26. The van der Waals surface area contributed by atoms with Crippen LogP contribution in [0.1, 0.15) is 39.3 Å². The summed E-state index contributed by atoms with van der Waals surface area (Å²) in [6, 6.07) is 1.67. The minimum atomic E-state index is -5.86. The van der Waals surface area contributed by atoms with Crippen LogP contribution in [0, 0.1) is 0 Å². The highest BCUT2D eigenvalue weighted by Crippen LogP contribution is 2.29. The van der Waals surface area contributed by atoms with Crippen LogP contribution in [0.3, 0.4) is 0 Å². The Morgan fingerprint density at radius 1 is 1.33 bits per heavy atom. The van der Waals surface area contributed by atoms with E-state index >= 15 is 0 Å². The molecular weight excluding hydrogens is 393 g/mol. The van der Waals surface area contributed by atoms with Gasteiger partial charge in [-0.05, 0) is 39.3 Å². The summed E-state index contributed by atoms with van der Waals surface area (Å²) in [5, 5.41) is -0.268. The molecule has 1 N–H and O–H groups in total. The third-order valence-electron chi connectivity index (χ3n) is 2.61. The highest BCUT2D eigenvalue weighted by atomic mass is 35.5. The van der Waals surface area contributed by atoms with Crippen LogP contribution in [-0.4, -0.2) is 28.2 Å². The number of aromatic nitrogens is 1. The van der Waals surface area contributed by atoms with Gasteiger partial charge in [0.05, 0.1) is 6.04 Å². The zero-order valence-electron chi connectivity index (χ0n) is 13.1. The lowest BCUT2D eigenvalue weighted by molar-refractivity contribution is -0.0501. The predicted molar refractivity (Wildman–Crippen MR) is 84.3 cm³/mol. The third kappa shape index (κ3) is 5.66. The Bertz CT molecular complexity index is 693. The van der Waals surface area contributed by atoms with Gasteiger partial charge in [-0.2, -0.15) is 21.6 Å². The Labute approximate surface area is 146 Å². The second-order valence-electron chi connectivity index (χ2n) is 5.77. The molecule has 0 radical (unpaired) electrons. The average Bonchev–Trinajstić information content (AvgIpc) is 2.34. The van der Waals surface area contributed by atoms with Gasteiger partial charge >= 0.3 is 15.6 Å². The molecule has 0 aliphatic heterocycles. The van der Waals surface area contributed by atoms with Gasteiger partial charge in [0.2, 0.25) is 5.88 Å². The summed E-state index contributed by atoms with van der Waals surface area (Å²) in [4.78, 5) is 3.40. The van der Waals surface area contributed by atoms with Crippen LogP contribution in [0.15, 0.2) is 12.1 Å². The number of hydrogen-bond donors (Lipinski definition) is 1. The number of halogens is 4. The zero-order valence-corrected chi connectivity index (χ0v) is 15.5. The highest BCUT2D eigenvalue weighted by molar-refractivity contribution is 7.90. The van der Waals surface area contributed by atoms with Crippen molar-refractivity contribution >= 4 is 33.1 Å². The van der Waals surface area contributed by atoms with Crippen molar-refractivity contribution in [1.29, 1.82) is 0 Å². The molecule has 0 aromatic carbocycles. The molecule has 1 aromatic heterocycles. The molecule has 6 nitrogen and oxygen atoms in total. The Balaban J connectivity index is 3.06. The lowest BCUT2D eigenvalue weighted by atomic mass is 10.1. The molecule has 0 bridgehead atoms. The second-order valence-corrected chi connectivity index (χ2v) is 9.69. The van der Waals surface area contributed by atoms with E-state index in [0.29, 0.717) is 0 Å². The SMILES string of the molecule is C[C@@H](N[S+]([O-])C(C)(C)C)c1cc(Cl)nc(OS(=O)(=O)C(F)(F)F)c1. The predicted octanol–water partition coefficient (Wildman–Crippen LogP) is 3.08. The van der Waals surface area contributed by atoms with Crippen LogP contribution in [0.25, 0.3) is 0 Å². The van der Waals surface area contributed by atoms with E-state index in [1.165, 1.54) is 6.07 Å². The summed E-state index contributed by atoms with van der Waals surface area (Å²) in [6.45, 7) is 6.77. The Hall–Kier alpha value is -0.750. The molecule has 0 aliphatic carbocycles. The maximum Gasteiger partial charge on any atom is 0.534 e. The minimum absolute atomic E-state index is 0.264. The summed E-state index contributed by atoms with van der Waals surface area (Å²) >= 11 is 4.23. The maximum absolute atomic E-state index is 12.4. The summed E-state index contributed by atoms with van der Waals surface area (Å²) in [5.41, 5.74) is -5.32. The van der Waals surface area contributed by atoms with E-state index in [9.17, 15) is 26.1 Å². The molecule has 0 amide bonds. The number of hydrogen-bond acceptors (Lipinski definition) is 6. The summed E-state index contributed by atoms with van der Waals surface area (Å²) in [6.07, 6.45) is 0. The van der Waals surface area contributed by atoms with Crippen LogP contribution in [0.5, 0.6) is 5.88 Å². The van der Waals surface area contributed by atoms with Gasteiger partial charge in [-0.15, -0.1) is 4.72 Å². The fraction of sp³-hybridized carbons (Fsp3) is 0.583. The molecule has 24 heavy (non-hydrogen) atoms. The Kier molecular flexibility index (Phi) is 6.42. The summed E-state index contributed by atoms with van der Waals surface area (Å²) in [7, 11) is -5.86. The third-order valence-corrected chi connectivity index (χ3v) is 5.44. The van der Waals surface area contributed by atoms with Crippen LogP contribution in [0.2, 0.25) is 5.15 Å². The van der Waals surface area contributed by atoms with Crippen molar-refractivity contribution in [2.75, 3.05) is 0 Å². The van der Waals surface area contributed by atoms with Crippen molar-refractivity contribution in [2.24, 2.45) is 0 Å². The first-order valence-corrected chi connectivity index (χ1v) is 9.43. The molecule has 0 spiro atoms. The lowest BCUT2D eigenvalue weighted by Crippen LogP contribution is -2.40. The molecule has 0 fully saturated rings. The number of nitrogens with one attached hydrogen (secondary N) is 1. The van der Waals surface area contributed by atoms with E-state index < -0.39 is 43.7 Å². The standard InChI is InChI=1S/C12H16ClF3N2O4S2/c1-7(18-23(19)11(2,3)4)8-5-9(13)17-10(6-8)22-24(20,21)12(14,15)16/h5-7,18H,1-4H3/t7-,23?/m1/s1. The van der Waals surface area contributed by atoms with Gasteiger partial charge in [-0.3, -0.25) is 0 Å². The Morgan fingerprint density at radius 2 is 1.88 bits per heavy atom. The van der Waals surface area contributed by atoms with E-state index in [1.54, 1.807) is 27.7 Å². The minimum Gasteiger partial charge on any atom is -0.598 e. The van der Waals surface area contributed by atoms with Gasteiger partial charge in [0.1, 0.15) is 9.90 Å². The number of pyridine rings is 1. The van der Waals surface area contributed by atoms with Crippen LogP contribution < -0.4 is 8.91 Å². The maximum atomic E-state index is 12.4. The normalized spacial score (nSPS) is 15.9. The molecular formula is C12H16ClF3N2O4S2. The van der Waals surface area contributed by atoms with Crippen LogP contribution >= 0.6 is 11.6 Å². The molecule has 1 aromatic rings. The molecule has 1 unspecified atom stereocenters. The van der Waals surface area contributed by atoms with Gasteiger partial charge in [-0.25, -0.2) is 4.98 Å². The quantitative estimate of drug-likeness (QED) is 0.348. The topological polar surface area (TPSA) is 91.3 Å². The van der Waals surface area contributed by atoms with Gasteiger partial charge in [0, 0.05) is 17.4 Å². The van der Waals surface area contributed by atoms with Crippen LogP contribution in [-0.2, 0) is 21.5 Å². The average molecular weight is 409 g/mol. The largest absolute Gasteiger partial charge is 0.598 e. The van der Waals surface area contributed by atoms with Gasteiger partial charge < -0.3 is 8.74 Å². The fourth-order valence-electron chi connectivity index (χ4n) is 1.35. The first-order chi connectivity index (χ1) is 10.6. The van der Waals surface area contributed by atoms with E-state index in [2.05, 4.69) is 13.9 Å². The molecule has 138 valence electrons. The van der Waals surface area contributed by atoms with E-state index in [-0.39, 0.29) is 10.7 Å². The molecule has 1 heterocycles. The fourth-order valence-corrected chi connectivity index (χ4v) is 2.77. The number of rotatable bonds is 5. The van der Waals surface area contributed by atoms with Crippen molar-refractivity contribution < 1.29 is 30.3 Å². The van der Waals surface area contributed by atoms with Gasteiger partial charge in [0.15, 0.2) is 0 Å².